The Labute approximate surface area is 228 Å². The van der Waals surface area contributed by atoms with Crippen LogP contribution in [0.4, 0.5) is 0 Å². The predicted octanol–water partition coefficient (Wildman–Crippen LogP) is 3.87. The van der Waals surface area contributed by atoms with Gasteiger partial charge in [0, 0.05) is 29.4 Å². The highest BCUT2D eigenvalue weighted by atomic mass is 35.5. The smallest absolute Gasteiger partial charge is 0.242 e. The second kappa shape index (κ2) is 12.2. The van der Waals surface area contributed by atoms with Crippen molar-refractivity contribution in [3.8, 4) is 17.4 Å². The molecule has 0 atom stereocenters. The highest BCUT2D eigenvalue weighted by Gasteiger charge is 2.26. The number of hydrogen-bond donors (Lipinski definition) is 2. The zero-order valence-corrected chi connectivity index (χ0v) is 23.6. The van der Waals surface area contributed by atoms with Gasteiger partial charge in [-0.25, -0.2) is 4.68 Å². The van der Waals surface area contributed by atoms with Crippen molar-refractivity contribution < 1.29 is 24.1 Å². The van der Waals surface area contributed by atoms with Crippen molar-refractivity contribution >= 4 is 23.8 Å². The first-order chi connectivity index (χ1) is 17.6. The van der Waals surface area contributed by atoms with Crippen LogP contribution in [0.1, 0.15) is 67.9 Å². The average molecular weight is 548 g/mol. The van der Waals surface area contributed by atoms with E-state index in [1.54, 1.807) is 13.2 Å². The molecule has 0 bridgehead atoms. The second-order valence-electron chi connectivity index (χ2n) is 10.6. The number of aromatic nitrogens is 4. The van der Waals surface area contributed by atoms with Gasteiger partial charge >= 0.3 is 0 Å². The maximum absolute atomic E-state index is 13.5. The zero-order chi connectivity index (χ0) is 26.7. The lowest BCUT2D eigenvalue weighted by Gasteiger charge is -2.25. The van der Waals surface area contributed by atoms with E-state index in [2.05, 4.69) is 10.2 Å². The third kappa shape index (κ3) is 6.66. The summed E-state index contributed by atoms with van der Waals surface area (Å²) in [5.74, 6) is 1.91. The van der Waals surface area contributed by atoms with Crippen LogP contribution < -0.4 is 19.8 Å². The van der Waals surface area contributed by atoms with E-state index in [-0.39, 0.29) is 42.4 Å². The van der Waals surface area contributed by atoms with Gasteiger partial charge in [0.2, 0.25) is 11.5 Å². The van der Waals surface area contributed by atoms with Gasteiger partial charge in [0.1, 0.15) is 6.54 Å². The largest absolute Gasteiger partial charge is 0.493 e. The first-order valence-electron chi connectivity index (χ1n) is 12.8. The number of hydrogen-bond acceptors (Lipinski definition) is 8. The van der Waals surface area contributed by atoms with Crippen molar-refractivity contribution in [3.63, 3.8) is 0 Å². The molecule has 1 aliphatic carbocycles. The molecule has 1 fully saturated rings. The van der Waals surface area contributed by atoms with Crippen molar-refractivity contribution in [2.24, 2.45) is 5.92 Å². The molecule has 0 radical (unpaired) electrons. The van der Waals surface area contributed by atoms with Gasteiger partial charge < -0.3 is 19.3 Å². The summed E-state index contributed by atoms with van der Waals surface area (Å²) in [6.07, 6.45) is 3.66. The topological polar surface area (TPSA) is 124 Å². The third-order valence-corrected chi connectivity index (χ3v) is 6.41. The number of benzene rings is 1. The fourth-order valence-corrected chi connectivity index (χ4v) is 4.06. The van der Waals surface area contributed by atoms with Crippen molar-refractivity contribution in [1.82, 2.24) is 19.4 Å². The molecule has 10 nitrogen and oxygen atoms in total. The van der Waals surface area contributed by atoms with Gasteiger partial charge in [-0.15, -0.1) is 22.6 Å². The fourth-order valence-electron chi connectivity index (χ4n) is 4.06. The Morgan fingerprint density at radius 3 is 2.53 bits per heavy atom. The number of carbonyl (C=O) groups excluding carboxylic acids is 1. The van der Waals surface area contributed by atoms with E-state index >= 15 is 0 Å². The number of aliphatic hydroxyl groups excluding tert-OH is 1. The van der Waals surface area contributed by atoms with Crippen LogP contribution in [0.15, 0.2) is 18.2 Å². The number of unbranched alkanes of at least 4 members (excludes halogenated alkanes) is 1. The van der Waals surface area contributed by atoms with Crippen molar-refractivity contribution in [3.05, 3.63) is 40.5 Å². The molecule has 0 amide bonds. The summed E-state index contributed by atoms with van der Waals surface area (Å²) in [6, 6.07) is 5.33. The molecule has 2 N–H and O–H groups in total. The van der Waals surface area contributed by atoms with Crippen LogP contribution in [0.3, 0.4) is 0 Å². The van der Waals surface area contributed by atoms with E-state index in [4.69, 9.17) is 24.7 Å². The predicted molar refractivity (Wildman–Crippen MR) is 145 cm³/mol. The molecule has 0 saturated heterocycles. The number of aliphatic hydroxyl groups is 1. The summed E-state index contributed by atoms with van der Waals surface area (Å²) in [5, 5.41) is 26.6. The van der Waals surface area contributed by atoms with Gasteiger partial charge in [0.25, 0.3) is 0 Å². The summed E-state index contributed by atoms with van der Waals surface area (Å²) in [7, 11) is 1.59. The van der Waals surface area contributed by atoms with Gasteiger partial charge in [-0.2, -0.15) is 4.52 Å². The van der Waals surface area contributed by atoms with Crippen molar-refractivity contribution in [1.29, 1.82) is 5.41 Å². The number of carbonyl (C=O) groups is 1. The first kappa shape index (κ1) is 29.4. The average Bonchev–Trinajstić information content (AvgIpc) is 3.63. The lowest BCUT2D eigenvalue weighted by atomic mass is 9.84. The van der Waals surface area contributed by atoms with E-state index in [9.17, 15) is 4.79 Å². The molecule has 3 aromatic rings. The van der Waals surface area contributed by atoms with E-state index in [0.717, 1.165) is 11.1 Å². The number of ether oxygens (including phenoxy) is 3. The minimum atomic E-state index is -0.306. The van der Waals surface area contributed by atoms with Gasteiger partial charge in [0.05, 0.1) is 20.3 Å². The summed E-state index contributed by atoms with van der Waals surface area (Å²) in [4.78, 5) is 13.5. The molecule has 0 unspecified atom stereocenters. The summed E-state index contributed by atoms with van der Waals surface area (Å²) >= 11 is 0. The Balaban J connectivity index is 0.00000400. The Hall–Kier alpha value is -3.11. The lowest BCUT2D eigenvalue weighted by molar-refractivity contribution is 0.0964. The molecule has 11 heteroatoms. The minimum absolute atomic E-state index is 0. The number of halogens is 1. The van der Waals surface area contributed by atoms with E-state index in [1.165, 1.54) is 22.0 Å². The van der Waals surface area contributed by atoms with Gasteiger partial charge in [-0.3, -0.25) is 10.2 Å². The van der Waals surface area contributed by atoms with Gasteiger partial charge in [-0.05, 0) is 56.1 Å². The summed E-state index contributed by atoms with van der Waals surface area (Å²) in [6.45, 7) is 9.02. The number of aryl methyl sites for hydroxylation is 1. The third-order valence-electron chi connectivity index (χ3n) is 6.41. The molecular formula is C27H38ClN5O5. The molecule has 1 aliphatic rings. The van der Waals surface area contributed by atoms with Crippen LogP contribution in [0.5, 0.6) is 17.4 Å². The standard InChI is InChI=1S/C27H37N5O5.ClH/c1-17-12-23(37-16-18-8-9-18)29-32-25(17)30-31(26(32)28)15-21(34)19-13-20(27(2,3)4)24(35-5)22(14-19)36-11-7-6-10-33;/h12-14,18,28,33H,6-11,15-16H2,1-5H3;1H. The normalized spacial score (nSPS) is 13.3. The Morgan fingerprint density at radius 1 is 1.16 bits per heavy atom. The van der Waals surface area contributed by atoms with Crippen molar-refractivity contribution in [2.45, 2.75) is 65.3 Å². The fraction of sp³-hybridized carbons (Fsp3) is 0.556. The maximum atomic E-state index is 13.5. The minimum Gasteiger partial charge on any atom is -0.493 e. The number of fused-ring (bicyclic) bond motifs is 1. The Morgan fingerprint density at radius 2 is 1.89 bits per heavy atom. The van der Waals surface area contributed by atoms with Crippen LogP contribution in [-0.2, 0) is 12.0 Å². The number of ketones is 1. The maximum Gasteiger partial charge on any atom is 0.242 e. The quantitative estimate of drug-likeness (QED) is 0.260. The molecular weight excluding hydrogens is 510 g/mol. The van der Waals surface area contributed by atoms with Crippen molar-refractivity contribution in [2.75, 3.05) is 26.9 Å². The molecule has 2 aromatic heterocycles. The molecule has 4 rings (SSSR count). The molecule has 38 heavy (non-hydrogen) atoms. The van der Waals surface area contributed by atoms with E-state index < -0.39 is 0 Å². The number of nitrogens with zero attached hydrogens (tertiary/aromatic N) is 4. The first-order valence-corrected chi connectivity index (χ1v) is 12.8. The lowest BCUT2D eigenvalue weighted by Crippen LogP contribution is -2.26. The number of methoxy groups -OCH3 is 1. The van der Waals surface area contributed by atoms with Gasteiger partial charge in [0.15, 0.2) is 22.9 Å². The van der Waals surface area contributed by atoms with Crippen LogP contribution in [-0.4, -0.2) is 57.2 Å². The van der Waals surface area contributed by atoms with Crippen LogP contribution in [0.25, 0.3) is 5.65 Å². The number of Topliss-reactive ketones (excluding diaryl/α,β-unsaturated/α-hetero) is 1. The second-order valence-corrected chi connectivity index (χ2v) is 10.6. The summed E-state index contributed by atoms with van der Waals surface area (Å²) in [5.41, 5.74) is 2.31. The highest BCUT2D eigenvalue weighted by molar-refractivity contribution is 5.97. The molecule has 0 spiro atoms. The molecule has 0 aliphatic heterocycles. The monoisotopic (exact) mass is 547 g/mol. The SMILES string of the molecule is COc1c(OCCCCO)cc(C(=O)Cn2nc3c(C)cc(OCC4CC4)nn3c2=N)cc1C(C)(C)C.Cl. The van der Waals surface area contributed by atoms with Gasteiger partial charge in [-0.1, -0.05) is 20.8 Å². The zero-order valence-electron chi connectivity index (χ0n) is 22.7. The van der Waals surface area contributed by atoms with Crippen LogP contribution in [0, 0.1) is 18.3 Å². The Bertz CT molecular complexity index is 1340. The van der Waals surface area contributed by atoms with E-state index in [1.807, 2.05) is 39.8 Å². The summed E-state index contributed by atoms with van der Waals surface area (Å²) < 4.78 is 20.2. The highest BCUT2D eigenvalue weighted by Crippen LogP contribution is 2.40. The van der Waals surface area contributed by atoms with Crippen LogP contribution in [0.2, 0.25) is 0 Å². The number of nitrogens with one attached hydrogen (secondary N) is 1. The Kier molecular flexibility index (Phi) is 9.43. The van der Waals surface area contributed by atoms with Crippen LogP contribution >= 0.6 is 12.4 Å². The molecule has 208 valence electrons. The molecule has 2 heterocycles. The number of rotatable bonds is 12. The molecule has 1 aromatic carbocycles. The molecule has 1 saturated carbocycles. The van der Waals surface area contributed by atoms with E-state index in [0.29, 0.717) is 60.6 Å².